The minimum absolute atomic E-state index is 0.144. The minimum Gasteiger partial charge on any atom is -0.392 e. The average molecular weight is 251 g/mol. The maximum absolute atomic E-state index is 11.9. The predicted octanol–water partition coefficient (Wildman–Crippen LogP) is -1.16. The van der Waals surface area contributed by atoms with Crippen LogP contribution in [0.15, 0.2) is 0 Å². The Bertz CT molecular complexity index is 318. The van der Waals surface area contributed by atoms with Crippen molar-refractivity contribution in [1.82, 2.24) is 13.9 Å². The van der Waals surface area contributed by atoms with Gasteiger partial charge >= 0.3 is 0 Å². The van der Waals surface area contributed by atoms with Crippen molar-refractivity contribution in [3.05, 3.63) is 0 Å². The fourth-order valence-electron chi connectivity index (χ4n) is 2.01. The summed E-state index contributed by atoms with van der Waals surface area (Å²) in [7, 11) is 0.342. The Kier molecular flexibility index (Phi) is 4.69. The van der Waals surface area contributed by atoms with Crippen molar-refractivity contribution >= 4 is 10.2 Å². The Balaban J connectivity index is 2.76. The van der Waals surface area contributed by atoms with Crippen molar-refractivity contribution in [2.24, 2.45) is 0 Å². The maximum atomic E-state index is 11.9. The summed E-state index contributed by atoms with van der Waals surface area (Å²) in [5.41, 5.74) is 0. The molecule has 1 heterocycles. The zero-order valence-corrected chi connectivity index (χ0v) is 10.9. The van der Waals surface area contributed by atoms with Crippen LogP contribution in [-0.4, -0.2) is 68.6 Å². The molecular formula is C9H21N3O3S. The van der Waals surface area contributed by atoms with Crippen LogP contribution >= 0.6 is 0 Å². The van der Waals surface area contributed by atoms with Gasteiger partial charge in [0.1, 0.15) is 0 Å². The standard InChI is InChI=1S/C9H21N3O3S/c1-4-10-16(14,15)12-7-9(13)5-8(12)6-11(2)3/h8-10,13H,4-7H2,1-3H3. The van der Waals surface area contributed by atoms with Gasteiger partial charge in [-0.25, -0.2) is 4.72 Å². The number of aliphatic hydroxyl groups is 1. The van der Waals surface area contributed by atoms with Crippen molar-refractivity contribution in [3.63, 3.8) is 0 Å². The molecule has 0 aromatic heterocycles. The molecule has 6 nitrogen and oxygen atoms in total. The third-order valence-electron chi connectivity index (χ3n) is 2.55. The summed E-state index contributed by atoms with van der Waals surface area (Å²) in [6.45, 7) is 2.92. The van der Waals surface area contributed by atoms with Crippen LogP contribution in [0.4, 0.5) is 0 Å². The van der Waals surface area contributed by atoms with Crippen LogP contribution in [0.5, 0.6) is 0 Å². The number of hydrogen-bond donors (Lipinski definition) is 2. The molecule has 0 amide bonds. The number of likely N-dealkylation sites (N-methyl/N-ethyl adjacent to an activating group) is 1. The number of hydrogen-bond acceptors (Lipinski definition) is 4. The summed E-state index contributed by atoms with van der Waals surface area (Å²) in [5, 5.41) is 9.56. The molecule has 1 rings (SSSR count). The van der Waals surface area contributed by atoms with Gasteiger partial charge in [-0.1, -0.05) is 6.92 Å². The number of rotatable bonds is 5. The Hall–Kier alpha value is -0.210. The smallest absolute Gasteiger partial charge is 0.279 e. The number of nitrogens with zero attached hydrogens (tertiary/aromatic N) is 2. The highest BCUT2D eigenvalue weighted by Crippen LogP contribution is 2.21. The highest BCUT2D eigenvalue weighted by Gasteiger charge is 2.38. The zero-order chi connectivity index (χ0) is 12.3. The Labute approximate surface area is 97.4 Å². The molecule has 0 spiro atoms. The van der Waals surface area contributed by atoms with E-state index in [0.717, 1.165) is 0 Å². The Morgan fingerprint density at radius 3 is 2.62 bits per heavy atom. The number of β-amino-alcohol motifs (C(OH)–C–C–N with tert-alkyl or cyclic N) is 1. The third-order valence-corrected chi connectivity index (χ3v) is 4.27. The topological polar surface area (TPSA) is 72.9 Å². The first-order chi connectivity index (χ1) is 7.36. The second-order valence-electron chi connectivity index (χ2n) is 4.38. The first-order valence-electron chi connectivity index (χ1n) is 5.46. The summed E-state index contributed by atoms with van der Waals surface area (Å²) < 4.78 is 27.5. The molecule has 2 atom stereocenters. The summed E-state index contributed by atoms with van der Waals surface area (Å²) >= 11 is 0. The summed E-state index contributed by atoms with van der Waals surface area (Å²) in [6, 6.07) is -0.144. The molecule has 1 fully saturated rings. The first-order valence-corrected chi connectivity index (χ1v) is 6.90. The molecule has 1 aliphatic rings. The van der Waals surface area contributed by atoms with Crippen molar-refractivity contribution in [1.29, 1.82) is 0 Å². The van der Waals surface area contributed by atoms with Gasteiger partial charge in [0, 0.05) is 25.7 Å². The molecule has 7 heteroatoms. The second-order valence-corrected chi connectivity index (χ2v) is 6.09. The molecule has 0 radical (unpaired) electrons. The lowest BCUT2D eigenvalue weighted by Gasteiger charge is -2.25. The van der Waals surface area contributed by atoms with Crippen LogP contribution in [0.25, 0.3) is 0 Å². The molecule has 2 N–H and O–H groups in total. The van der Waals surface area contributed by atoms with Gasteiger partial charge in [-0.05, 0) is 20.5 Å². The monoisotopic (exact) mass is 251 g/mol. The molecule has 0 aliphatic carbocycles. The van der Waals surface area contributed by atoms with E-state index in [1.54, 1.807) is 6.92 Å². The van der Waals surface area contributed by atoms with E-state index in [1.165, 1.54) is 4.31 Å². The summed E-state index contributed by atoms with van der Waals surface area (Å²) in [6.07, 6.45) is -0.0543. The van der Waals surface area contributed by atoms with Crippen molar-refractivity contribution in [2.75, 3.05) is 33.7 Å². The van der Waals surface area contributed by atoms with E-state index < -0.39 is 16.3 Å². The van der Waals surface area contributed by atoms with Gasteiger partial charge < -0.3 is 10.0 Å². The zero-order valence-electron chi connectivity index (χ0n) is 10.0. The SMILES string of the molecule is CCNS(=O)(=O)N1CC(O)CC1CN(C)C. The highest BCUT2D eigenvalue weighted by molar-refractivity contribution is 7.87. The van der Waals surface area contributed by atoms with Crippen molar-refractivity contribution in [2.45, 2.75) is 25.5 Å². The van der Waals surface area contributed by atoms with Crippen LogP contribution in [-0.2, 0) is 10.2 Å². The van der Waals surface area contributed by atoms with Gasteiger partial charge in [0.05, 0.1) is 6.10 Å². The maximum Gasteiger partial charge on any atom is 0.279 e. The summed E-state index contributed by atoms with van der Waals surface area (Å²) in [4.78, 5) is 1.93. The summed E-state index contributed by atoms with van der Waals surface area (Å²) in [5.74, 6) is 0. The Morgan fingerprint density at radius 2 is 2.12 bits per heavy atom. The van der Waals surface area contributed by atoms with E-state index in [2.05, 4.69) is 4.72 Å². The van der Waals surface area contributed by atoms with Crippen molar-refractivity contribution in [3.8, 4) is 0 Å². The number of nitrogens with one attached hydrogen (secondary N) is 1. The molecular weight excluding hydrogens is 230 g/mol. The van der Waals surface area contributed by atoms with Crippen LogP contribution in [0, 0.1) is 0 Å². The van der Waals surface area contributed by atoms with Gasteiger partial charge in [0.2, 0.25) is 0 Å². The van der Waals surface area contributed by atoms with Gasteiger partial charge in [0.25, 0.3) is 10.2 Å². The lowest BCUT2D eigenvalue weighted by atomic mass is 10.2. The molecule has 96 valence electrons. The van der Waals surface area contributed by atoms with Crippen molar-refractivity contribution < 1.29 is 13.5 Å². The first kappa shape index (κ1) is 13.9. The van der Waals surface area contributed by atoms with E-state index in [9.17, 15) is 13.5 Å². The molecule has 1 saturated heterocycles. The fourth-order valence-corrected chi connectivity index (χ4v) is 3.45. The third kappa shape index (κ3) is 3.39. The Morgan fingerprint density at radius 1 is 1.50 bits per heavy atom. The molecule has 0 aromatic rings. The fraction of sp³-hybridized carbons (Fsp3) is 1.00. The van der Waals surface area contributed by atoms with Gasteiger partial charge in [-0.3, -0.25) is 0 Å². The van der Waals surface area contributed by atoms with Crippen LogP contribution in [0.3, 0.4) is 0 Å². The average Bonchev–Trinajstić information content (AvgIpc) is 2.46. The molecule has 0 bridgehead atoms. The molecule has 2 unspecified atom stereocenters. The van der Waals surface area contributed by atoms with E-state index in [0.29, 0.717) is 19.5 Å². The van der Waals surface area contributed by atoms with Crippen LogP contribution in [0.2, 0.25) is 0 Å². The lowest BCUT2D eigenvalue weighted by Crippen LogP contribution is -2.46. The van der Waals surface area contributed by atoms with Crippen LogP contribution < -0.4 is 4.72 Å². The largest absolute Gasteiger partial charge is 0.392 e. The van der Waals surface area contributed by atoms with E-state index in [4.69, 9.17) is 0 Å². The van der Waals surface area contributed by atoms with Gasteiger partial charge in [-0.2, -0.15) is 12.7 Å². The molecule has 16 heavy (non-hydrogen) atoms. The highest BCUT2D eigenvalue weighted by atomic mass is 32.2. The van der Waals surface area contributed by atoms with E-state index >= 15 is 0 Å². The lowest BCUT2D eigenvalue weighted by molar-refractivity contribution is 0.188. The van der Waals surface area contributed by atoms with E-state index in [-0.39, 0.29) is 12.6 Å². The quantitative estimate of drug-likeness (QED) is 0.646. The number of aliphatic hydroxyl groups excluding tert-OH is 1. The van der Waals surface area contributed by atoms with E-state index in [1.807, 2.05) is 19.0 Å². The second kappa shape index (κ2) is 5.42. The molecule has 1 aliphatic heterocycles. The minimum atomic E-state index is -3.44. The van der Waals surface area contributed by atoms with Gasteiger partial charge in [-0.15, -0.1) is 0 Å². The molecule has 0 aromatic carbocycles. The van der Waals surface area contributed by atoms with Crippen LogP contribution in [0.1, 0.15) is 13.3 Å². The molecule has 0 saturated carbocycles. The predicted molar refractivity (Wildman–Crippen MR) is 62.3 cm³/mol. The van der Waals surface area contributed by atoms with Gasteiger partial charge in [0.15, 0.2) is 0 Å². The normalized spacial score (nSPS) is 27.8.